The van der Waals surface area contributed by atoms with Crippen LogP contribution in [0.15, 0.2) is 53.5 Å². The Morgan fingerprint density at radius 1 is 1.32 bits per heavy atom. The molecule has 2 amide bonds. The van der Waals surface area contributed by atoms with Crippen molar-refractivity contribution in [1.82, 2.24) is 20.1 Å². The second-order valence-corrected chi connectivity index (χ2v) is 9.24. The second kappa shape index (κ2) is 11.1. The smallest absolute Gasteiger partial charge is 0.342 e. The first-order valence-corrected chi connectivity index (χ1v) is 12.0. The number of hydrogen-bond donors (Lipinski definition) is 2. The summed E-state index contributed by atoms with van der Waals surface area (Å²) in [4.78, 5) is 25.3. The number of nitrogens with one attached hydrogen (secondary N) is 2. The van der Waals surface area contributed by atoms with Crippen molar-refractivity contribution in [2.45, 2.75) is 30.8 Å². The molecule has 7 nitrogen and oxygen atoms in total. The van der Waals surface area contributed by atoms with E-state index in [2.05, 4.69) is 27.4 Å². The third kappa shape index (κ3) is 6.39. The number of thioether (sulfide) groups is 1. The fourth-order valence-electron chi connectivity index (χ4n) is 2.88. The zero-order valence-electron chi connectivity index (χ0n) is 17.7. The first-order valence-electron chi connectivity index (χ1n) is 9.78. The topological polar surface area (TPSA) is 88.9 Å². The van der Waals surface area contributed by atoms with E-state index >= 15 is 0 Å². The minimum atomic E-state index is -4.56. The van der Waals surface area contributed by atoms with Gasteiger partial charge < -0.3 is 15.2 Å². The van der Waals surface area contributed by atoms with Crippen molar-refractivity contribution in [3.8, 4) is 0 Å². The molecule has 0 saturated heterocycles. The molecule has 2 heterocycles. The Hall–Kier alpha value is -2.83. The summed E-state index contributed by atoms with van der Waals surface area (Å²) < 4.78 is 40.5. The molecule has 0 spiro atoms. The summed E-state index contributed by atoms with van der Waals surface area (Å²) in [5, 5.41) is 15.6. The standard InChI is InChI=1S/C21H19ClF3N5O2S2/c1-3-8-30-18(12(2)26-19(32)16-5-4-9-33-16)28-29-20(30)34-11-17(31)27-15-10-13(21(23,24)25)6-7-14(15)22/h3-7,9-10,12H,1,8,11H2,2H3,(H,26,32)(H,27,31). The molecule has 180 valence electrons. The number of alkyl halides is 3. The van der Waals surface area contributed by atoms with Crippen LogP contribution in [-0.4, -0.2) is 32.3 Å². The molecule has 0 saturated carbocycles. The second-order valence-electron chi connectivity index (χ2n) is 6.94. The van der Waals surface area contributed by atoms with E-state index in [0.29, 0.717) is 22.4 Å². The monoisotopic (exact) mass is 529 g/mol. The van der Waals surface area contributed by atoms with E-state index in [4.69, 9.17) is 11.6 Å². The number of benzene rings is 1. The molecule has 3 aromatic rings. The van der Waals surface area contributed by atoms with Crippen molar-refractivity contribution in [3.05, 3.63) is 69.7 Å². The Labute approximate surface area is 206 Å². The molecular formula is C21H19ClF3N5O2S2. The Morgan fingerprint density at radius 2 is 2.09 bits per heavy atom. The first kappa shape index (κ1) is 25.8. The Bertz CT molecular complexity index is 1180. The van der Waals surface area contributed by atoms with Crippen LogP contribution in [0.2, 0.25) is 5.02 Å². The van der Waals surface area contributed by atoms with Crippen molar-refractivity contribution < 1.29 is 22.8 Å². The van der Waals surface area contributed by atoms with Crippen LogP contribution in [0.4, 0.5) is 18.9 Å². The summed E-state index contributed by atoms with van der Waals surface area (Å²) in [6, 6.07) is 5.70. The minimum absolute atomic E-state index is 0.0150. The van der Waals surface area contributed by atoms with E-state index < -0.39 is 23.7 Å². The van der Waals surface area contributed by atoms with Gasteiger partial charge in [-0.2, -0.15) is 13.2 Å². The number of carbonyl (C=O) groups excluding carboxylic acids is 2. The molecule has 0 radical (unpaired) electrons. The summed E-state index contributed by atoms with van der Waals surface area (Å²) in [5.74, 6) is -0.506. The number of nitrogens with zero attached hydrogens (tertiary/aromatic N) is 3. The van der Waals surface area contributed by atoms with Gasteiger partial charge in [0.15, 0.2) is 11.0 Å². The Balaban J connectivity index is 1.68. The van der Waals surface area contributed by atoms with E-state index in [1.54, 1.807) is 35.1 Å². The van der Waals surface area contributed by atoms with Crippen molar-refractivity contribution in [2.24, 2.45) is 0 Å². The van der Waals surface area contributed by atoms with Crippen LogP contribution in [0.3, 0.4) is 0 Å². The maximum atomic E-state index is 12.9. The van der Waals surface area contributed by atoms with Gasteiger partial charge in [-0.3, -0.25) is 9.59 Å². The van der Waals surface area contributed by atoms with Crippen molar-refractivity contribution in [1.29, 1.82) is 0 Å². The van der Waals surface area contributed by atoms with E-state index in [9.17, 15) is 22.8 Å². The lowest BCUT2D eigenvalue weighted by molar-refractivity contribution is -0.137. The summed E-state index contributed by atoms with van der Waals surface area (Å²) >= 11 is 8.28. The molecule has 13 heteroatoms. The van der Waals surface area contributed by atoms with Crippen molar-refractivity contribution in [3.63, 3.8) is 0 Å². The molecule has 0 bridgehead atoms. The number of carbonyl (C=O) groups is 2. The van der Waals surface area contributed by atoms with Crippen LogP contribution in [0.5, 0.6) is 0 Å². The lowest BCUT2D eigenvalue weighted by Gasteiger charge is -2.15. The van der Waals surface area contributed by atoms with Gasteiger partial charge in [-0.05, 0) is 36.6 Å². The predicted octanol–water partition coefficient (Wildman–Crippen LogP) is 5.42. The average Bonchev–Trinajstić information content (AvgIpc) is 3.44. The normalized spacial score (nSPS) is 12.3. The Kier molecular flexibility index (Phi) is 8.39. The summed E-state index contributed by atoms with van der Waals surface area (Å²) in [6.45, 7) is 5.79. The quantitative estimate of drug-likeness (QED) is 0.285. The molecular weight excluding hydrogens is 511 g/mol. The summed E-state index contributed by atoms with van der Waals surface area (Å²) in [7, 11) is 0. The highest BCUT2D eigenvalue weighted by Crippen LogP contribution is 2.34. The first-order chi connectivity index (χ1) is 16.1. The highest BCUT2D eigenvalue weighted by atomic mass is 35.5. The number of rotatable bonds is 9. The third-order valence-electron chi connectivity index (χ3n) is 4.44. The van der Waals surface area contributed by atoms with Gasteiger partial charge in [-0.15, -0.1) is 28.1 Å². The van der Waals surface area contributed by atoms with Gasteiger partial charge in [0.2, 0.25) is 5.91 Å². The van der Waals surface area contributed by atoms with Gasteiger partial charge in [-0.25, -0.2) is 0 Å². The third-order valence-corrected chi connectivity index (χ3v) is 6.60. The lowest BCUT2D eigenvalue weighted by Crippen LogP contribution is -2.28. The van der Waals surface area contributed by atoms with Crippen molar-refractivity contribution in [2.75, 3.05) is 11.1 Å². The highest BCUT2D eigenvalue weighted by Gasteiger charge is 2.31. The number of anilines is 1. The fourth-order valence-corrected chi connectivity index (χ4v) is 4.43. The van der Waals surface area contributed by atoms with Crippen LogP contribution in [0.1, 0.15) is 34.0 Å². The molecule has 0 fully saturated rings. The zero-order valence-corrected chi connectivity index (χ0v) is 20.1. The minimum Gasteiger partial charge on any atom is -0.342 e. The number of amides is 2. The van der Waals surface area contributed by atoms with Gasteiger partial charge in [0.05, 0.1) is 32.9 Å². The van der Waals surface area contributed by atoms with Gasteiger partial charge in [0.1, 0.15) is 0 Å². The van der Waals surface area contributed by atoms with E-state index in [1.165, 1.54) is 11.3 Å². The molecule has 0 aliphatic heterocycles. The predicted molar refractivity (Wildman–Crippen MR) is 126 cm³/mol. The highest BCUT2D eigenvalue weighted by molar-refractivity contribution is 7.99. The molecule has 1 aromatic carbocycles. The maximum Gasteiger partial charge on any atom is 0.416 e. The van der Waals surface area contributed by atoms with E-state index in [1.807, 2.05) is 0 Å². The lowest BCUT2D eigenvalue weighted by atomic mass is 10.2. The van der Waals surface area contributed by atoms with E-state index in [0.717, 1.165) is 30.0 Å². The zero-order chi connectivity index (χ0) is 24.9. The Morgan fingerprint density at radius 3 is 2.74 bits per heavy atom. The maximum absolute atomic E-state index is 12.9. The fraction of sp³-hybridized carbons (Fsp3) is 0.238. The van der Waals surface area contributed by atoms with Gasteiger partial charge in [0.25, 0.3) is 5.91 Å². The average molecular weight is 530 g/mol. The summed E-state index contributed by atoms with van der Waals surface area (Å²) in [6.07, 6.45) is -2.95. The van der Waals surface area contributed by atoms with Gasteiger partial charge in [-0.1, -0.05) is 35.5 Å². The largest absolute Gasteiger partial charge is 0.416 e. The molecule has 2 N–H and O–H groups in total. The number of thiophene rings is 1. The number of halogens is 4. The summed E-state index contributed by atoms with van der Waals surface area (Å²) in [5.41, 5.74) is -1.06. The molecule has 2 aromatic heterocycles. The van der Waals surface area contributed by atoms with Crippen LogP contribution in [-0.2, 0) is 17.5 Å². The van der Waals surface area contributed by atoms with Crippen molar-refractivity contribution >= 4 is 52.2 Å². The molecule has 3 rings (SSSR count). The van der Waals surface area contributed by atoms with Gasteiger partial charge >= 0.3 is 6.18 Å². The number of hydrogen-bond acceptors (Lipinski definition) is 6. The number of allylic oxidation sites excluding steroid dienone is 1. The number of aromatic nitrogens is 3. The van der Waals surface area contributed by atoms with E-state index in [-0.39, 0.29) is 22.4 Å². The molecule has 0 aliphatic carbocycles. The van der Waals surface area contributed by atoms with Crippen LogP contribution >= 0.6 is 34.7 Å². The molecule has 1 unspecified atom stereocenters. The van der Waals surface area contributed by atoms with Crippen LogP contribution in [0, 0.1) is 0 Å². The van der Waals surface area contributed by atoms with Gasteiger partial charge in [0, 0.05) is 6.54 Å². The molecule has 0 aliphatic rings. The SMILES string of the molecule is C=CCn1c(SCC(=O)Nc2cc(C(F)(F)F)ccc2Cl)nnc1C(C)NC(=O)c1cccs1. The van der Waals surface area contributed by atoms with Crippen LogP contribution < -0.4 is 10.6 Å². The van der Waals surface area contributed by atoms with Crippen LogP contribution in [0.25, 0.3) is 0 Å². The molecule has 1 atom stereocenters. The molecule has 34 heavy (non-hydrogen) atoms.